The van der Waals surface area contributed by atoms with Crippen LogP contribution in [-0.4, -0.2) is 4.57 Å². The van der Waals surface area contributed by atoms with Crippen LogP contribution in [0.2, 0.25) is 0 Å². The summed E-state index contributed by atoms with van der Waals surface area (Å²) in [7, 11) is 0. The van der Waals surface area contributed by atoms with E-state index in [1.54, 1.807) is 0 Å². The highest BCUT2D eigenvalue weighted by Gasteiger charge is 2.00. The SMILES string of the molecule is C=CCCCn1ccc2cc(Br)ccc21. The van der Waals surface area contributed by atoms with Gasteiger partial charge in [-0.25, -0.2) is 0 Å². The molecule has 1 heterocycles. The summed E-state index contributed by atoms with van der Waals surface area (Å²) in [5, 5.41) is 1.29. The Morgan fingerprint density at radius 1 is 1.33 bits per heavy atom. The van der Waals surface area contributed by atoms with Gasteiger partial charge in [0.05, 0.1) is 0 Å². The number of halogens is 1. The van der Waals surface area contributed by atoms with E-state index in [-0.39, 0.29) is 0 Å². The van der Waals surface area contributed by atoms with Gasteiger partial charge in [-0.3, -0.25) is 0 Å². The molecule has 0 fully saturated rings. The average Bonchev–Trinajstić information content (AvgIpc) is 2.61. The van der Waals surface area contributed by atoms with Crippen LogP contribution in [0.15, 0.2) is 47.6 Å². The van der Waals surface area contributed by atoms with Crippen molar-refractivity contribution in [2.45, 2.75) is 19.4 Å². The maximum absolute atomic E-state index is 3.74. The lowest BCUT2D eigenvalue weighted by Crippen LogP contribution is -1.94. The largest absolute Gasteiger partial charge is 0.347 e. The standard InChI is InChI=1S/C13H14BrN/c1-2-3-4-8-15-9-7-11-10-12(14)5-6-13(11)15/h2,5-7,9-10H,1,3-4,8H2. The summed E-state index contributed by atoms with van der Waals surface area (Å²) >= 11 is 3.48. The van der Waals surface area contributed by atoms with Crippen molar-refractivity contribution in [2.75, 3.05) is 0 Å². The van der Waals surface area contributed by atoms with Crippen LogP contribution in [0.1, 0.15) is 12.8 Å². The molecule has 0 saturated heterocycles. The molecule has 0 N–H and O–H groups in total. The number of rotatable bonds is 4. The number of fused-ring (bicyclic) bond motifs is 1. The predicted molar refractivity (Wildman–Crippen MR) is 69.1 cm³/mol. The molecule has 1 nitrogen and oxygen atoms in total. The number of aromatic nitrogens is 1. The molecule has 0 saturated carbocycles. The van der Waals surface area contributed by atoms with Crippen LogP contribution >= 0.6 is 15.9 Å². The molecule has 1 aromatic carbocycles. The molecule has 0 bridgehead atoms. The highest BCUT2D eigenvalue weighted by Crippen LogP contribution is 2.21. The second kappa shape index (κ2) is 4.67. The molecule has 2 rings (SSSR count). The third-order valence-electron chi connectivity index (χ3n) is 2.54. The highest BCUT2D eigenvalue weighted by molar-refractivity contribution is 9.10. The van der Waals surface area contributed by atoms with Crippen molar-refractivity contribution in [3.05, 3.63) is 47.6 Å². The van der Waals surface area contributed by atoms with E-state index in [0.29, 0.717) is 0 Å². The van der Waals surface area contributed by atoms with Crippen molar-refractivity contribution < 1.29 is 0 Å². The molecule has 0 aliphatic heterocycles. The number of aryl methyl sites for hydroxylation is 1. The average molecular weight is 264 g/mol. The van der Waals surface area contributed by atoms with E-state index in [9.17, 15) is 0 Å². The first-order chi connectivity index (χ1) is 7.31. The van der Waals surface area contributed by atoms with Crippen LogP contribution in [0.4, 0.5) is 0 Å². The minimum atomic E-state index is 1.07. The molecule has 0 amide bonds. The number of benzene rings is 1. The van der Waals surface area contributed by atoms with Crippen LogP contribution in [0.25, 0.3) is 10.9 Å². The monoisotopic (exact) mass is 263 g/mol. The Morgan fingerprint density at radius 3 is 3.00 bits per heavy atom. The summed E-state index contributed by atoms with van der Waals surface area (Å²) in [6, 6.07) is 8.56. The summed E-state index contributed by atoms with van der Waals surface area (Å²) in [5.74, 6) is 0. The Bertz CT molecular complexity index is 470. The van der Waals surface area contributed by atoms with Gasteiger partial charge in [0.15, 0.2) is 0 Å². The molecule has 0 radical (unpaired) electrons. The lowest BCUT2D eigenvalue weighted by molar-refractivity contribution is 0.671. The molecule has 0 spiro atoms. The molecule has 15 heavy (non-hydrogen) atoms. The lowest BCUT2D eigenvalue weighted by atomic mass is 10.2. The fourth-order valence-electron chi connectivity index (χ4n) is 1.77. The summed E-state index contributed by atoms with van der Waals surface area (Å²) in [4.78, 5) is 0. The van der Waals surface area contributed by atoms with E-state index in [1.165, 1.54) is 10.9 Å². The Hall–Kier alpha value is -1.02. The molecule has 0 aliphatic carbocycles. The van der Waals surface area contributed by atoms with Crippen LogP contribution in [-0.2, 0) is 6.54 Å². The number of allylic oxidation sites excluding steroid dienone is 1. The van der Waals surface area contributed by atoms with Crippen molar-refractivity contribution in [3.8, 4) is 0 Å². The molecule has 0 aliphatic rings. The summed E-state index contributed by atoms with van der Waals surface area (Å²) in [6.07, 6.45) is 6.36. The Morgan fingerprint density at radius 2 is 2.20 bits per heavy atom. The van der Waals surface area contributed by atoms with E-state index in [2.05, 4.69) is 57.5 Å². The van der Waals surface area contributed by atoms with Crippen molar-refractivity contribution in [1.29, 1.82) is 0 Å². The number of nitrogens with zero attached hydrogens (tertiary/aromatic N) is 1. The summed E-state index contributed by atoms with van der Waals surface area (Å²) in [5.41, 5.74) is 1.31. The van der Waals surface area contributed by atoms with Gasteiger partial charge in [0.2, 0.25) is 0 Å². The number of hydrogen-bond donors (Lipinski definition) is 0. The first-order valence-corrected chi connectivity index (χ1v) is 5.96. The van der Waals surface area contributed by atoms with Gasteiger partial charge in [0.1, 0.15) is 0 Å². The number of unbranched alkanes of at least 4 members (excludes halogenated alkanes) is 1. The lowest BCUT2D eigenvalue weighted by Gasteiger charge is -2.03. The fraction of sp³-hybridized carbons (Fsp3) is 0.231. The molecule has 78 valence electrons. The third-order valence-corrected chi connectivity index (χ3v) is 3.03. The van der Waals surface area contributed by atoms with Gasteiger partial charge in [-0.05, 0) is 37.1 Å². The second-order valence-corrected chi connectivity index (χ2v) is 4.56. The van der Waals surface area contributed by atoms with E-state index in [4.69, 9.17) is 0 Å². The Labute approximate surface area is 98.5 Å². The van der Waals surface area contributed by atoms with Gasteiger partial charge in [-0.1, -0.05) is 22.0 Å². The van der Waals surface area contributed by atoms with E-state index < -0.39 is 0 Å². The Balaban J connectivity index is 2.24. The van der Waals surface area contributed by atoms with Crippen LogP contribution in [0.3, 0.4) is 0 Å². The van der Waals surface area contributed by atoms with Crippen LogP contribution in [0.5, 0.6) is 0 Å². The molecular formula is C13H14BrN. The van der Waals surface area contributed by atoms with Crippen LogP contribution < -0.4 is 0 Å². The van der Waals surface area contributed by atoms with E-state index in [1.807, 2.05) is 6.08 Å². The maximum atomic E-state index is 3.74. The first kappa shape index (κ1) is 10.5. The minimum Gasteiger partial charge on any atom is -0.347 e. The van der Waals surface area contributed by atoms with Gasteiger partial charge in [-0.15, -0.1) is 6.58 Å². The normalized spacial score (nSPS) is 10.7. The van der Waals surface area contributed by atoms with Crippen molar-refractivity contribution in [2.24, 2.45) is 0 Å². The molecule has 0 atom stereocenters. The van der Waals surface area contributed by atoms with Gasteiger partial charge in [-0.2, -0.15) is 0 Å². The summed E-state index contributed by atoms with van der Waals surface area (Å²) in [6.45, 7) is 4.80. The molecule has 2 heteroatoms. The quantitative estimate of drug-likeness (QED) is 0.570. The van der Waals surface area contributed by atoms with Gasteiger partial charge >= 0.3 is 0 Å². The molecule has 2 aromatic rings. The molecule has 0 unspecified atom stereocenters. The fourth-order valence-corrected chi connectivity index (χ4v) is 2.15. The smallest absolute Gasteiger partial charge is 0.0481 e. The van der Waals surface area contributed by atoms with Crippen LogP contribution in [0, 0.1) is 0 Å². The molecular weight excluding hydrogens is 250 g/mol. The van der Waals surface area contributed by atoms with Crippen molar-refractivity contribution in [1.82, 2.24) is 4.57 Å². The zero-order valence-electron chi connectivity index (χ0n) is 8.62. The Kier molecular flexibility index (Phi) is 3.27. The topological polar surface area (TPSA) is 4.93 Å². The predicted octanol–water partition coefficient (Wildman–Crippen LogP) is 4.37. The van der Waals surface area contributed by atoms with E-state index in [0.717, 1.165) is 23.9 Å². The van der Waals surface area contributed by atoms with E-state index >= 15 is 0 Å². The molecule has 1 aromatic heterocycles. The summed E-state index contributed by atoms with van der Waals surface area (Å²) < 4.78 is 3.43. The van der Waals surface area contributed by atoms with Gasteiger partial charge < -0.3 is 4.57 Å². The zero-order chi connectivity index (χ0) is 10.7. The highest BCUT2D eigenvalue weighted by atomic mass is 79.9. The first-order valence-electron chi connectivity index (χ1n) is 5.16. The van der Waals surface area contributed by atoms with Gasteiger partial charge in [0, 0.05) is 28.1 Å². The zero-order valence-corrected chi connectivity index (χ0v) is 10.2. The minimum absolute atomic E-state index is 1.07. The van der Waals surface area contributed by atoms with Crippen molar-refractivity contribution in [3.63, 3.8) is 0 Å². The number of hydrogen-bond acceptors (Lipinski definition) is 0. The second-order valence-electron chi connectivity index (χ2n) is 3.64. The van der Waals surface area contributed by atoms with Crippen molar-refractivity contribution >= 4 is 26.8 Å². The van der Waals surface area contributed by atoms with Gasteiger partial charge in [0.25, 0.3) is 0 Å². The third kappa shape index (κ3) is 2.32. The maximum Gasteiger partial charge on any atom is 0.0481 e.